The lowest BCUT2D eigenvalue weighted by Crippen LogP contribution is -2.12. The molecule has 1 N–H and O–H groups in total. The normalized spacial score (nSPS) is 10.4. The number of fused-ring (bicyclic) bond motifs is 1. The van der Waals surface area contributed by atoms with E-state index in [9.17, 15) is 4.79 Å². The molecule has 3 rings (SSSR count). The number of carbonyl (C=O) groups excluding carboxylic acids is 1. The van der Waals surface area contributed by atoms with Crippen LogP contribution in [0.15, 0.2) is 72.7 Å². The van der Waals surface area contributed by atoms with Gasteiger partial charge in [0.15, 0.2) is 0 Å². The summed E-state index contributed by atoms with van der Waals surface area (Å²) in [7, 11) is 0. The first-order valence-corrected chi connectivity index (χ1v) is 7.99. The Bertz CT molecular complexity index is 942. The molecule has 24 heavy (non-hydrogen) atoms. The summed E-state index contributed by atoms with van der Waals surface area (Å²) >= 11 is 4.25. The Labute approximate surface area is 146 Å². The van der Waals surface area contributed by atoms with Crippen molar-refractivity contribution in [2.45, 2.75) is 4.90 Å². The van der Waals surface area contributed by atoms with Crippen molar-refractivity contribution in [3.05, 3.63) is 84.4 Å². The van der Waals surface area contributed by atoms with E-state index in [-0.39, 0.29) is 5.91 Å². The van der Waals surface area contributed by atoms with Gasteiger partial charge in [0.25, 0.3) is 5.91 Å². The highest BCUT2D eigenvalue weighted by Crippen LogP contribution is 2.26. The van der Waals surface area contributed by atoms with Gasteiger partial charge in [0, 0.05) is 16.1 Å². The van der Waals surface area contributed by atoms with Crippen molar-refractivity contribution in [1.82, 2.24) is 0 Å². The zero-order valence-electron chi connectivity index (χ0n) is 13.1. The molecule has 0 spiro atoms. The van der Waals surface area contributed by atoms with E-state index in [4.69, 9.17) is 0 Å². The maximum absolute atomic E-state index is 12.7. The molecule has 0 saturated carbocycles. The van der Waals surface area contributed by atoms with E-state index in [1.54, 1.807) is 12.2 Å². The van der Waals surface area contributed by atoms with Crippen molar-refractivity contribution in [3.8, 4) is 0 Å². The van der Waals surface area contributed by atoms with Gasteiger partial charge >= 0.3 is 0 Å². The van der Waals surface area contributed by atoms with Crippen molar-refractivity contribution in [2.75, 3.05) is 5.32 Å². The van der Waals surface area contributed by atoms with Gasteiger partial charge in [-0.15, -0.1) is 12.6 Å². The van der Waals surface area contributed by atoms with Crippen LogP contribution in [0, 0.1) is 0 Å². The summed E-state index contributed by atoms with van der Waals surface area (Å²) in [6.45, 7) is 7.67. The highest BCUT2D eigenvalue weighted by atomic mass is 32.1. The molecule has 0 aromatic heterocycles. The van der Waals surface area contributed by atoms with Gasteiger partial charge in [-0.2, -0.15) is 0 Å². The predicted molar refractivity (Wildman–Crippen MR) is 106 cm³/mol. The number of anilines is 1. The molecule has 0 radical (unpaired) electrons. The summed E-state index contributed by atoms with van der Waals surface area (Å²) in [6, 6.07) is 17.0. The van der Waals surface area contributed by atoms with Crippen LogP contribution in [0.25, 0.3) is 22.9 Å². The molecule has 3 heteroatoms. The summed E-state index contributed by atoms with van der Waals surface area (Å²) in [4.78, 5) is 13.5. The van der Waals surface area contributed by atoms with Crippen LogP contribution in [0.3, 0.4) is 0 Å². The van der Waals surface area contributed by atoms with Gasteiger partial charge in [-0.3, -0.25) is 4.79 Å². The Balaban J connectivity index is 2.05. The van der Waals surface area contributed by atoms with Crippen molar-refractivity contribution < 1.29 is 4.79 Å². The highest BCUT2D eigenvalue weighted by Gasteiger charge is 2.11. The molecule has 0 atom stereocenters. The molecule has 3 aromatic carbocycles. The Kier molecular flexibility index (Phi) is 4.54. The van der Waals surface area contributed by atoms with Crippen LogP contribution in [-0.4, -0.2) is 5.91 Å². The monoisotopic (exact) mass is 331 g/mol. The van der Waals surface area contributed by atoms with Gasteiger partial charge < -0.3 is 5.32 Å². The Hall–Kier alpha value is -2.78. The van der Waals surface area contributed by atoms with E-state index in [0.29, 0.717) is 5.56 Å². The first kappa shape index (κ1) is 16.1. The standard InChI is InChI=1S/C21H17NOS/c1-3-14-12-16-6-5-7-19(20(16)13-15(14)4-2)21(23)22-17-8-10-18(24)11-9-17/h3-13,24H,1-2H2,(H,22,23). The van der Waals surface area contributed by atoms with E-state index >= 15 is 0 Å². The molecule has 3 aromatic rings. The van der Waals surface area contributed by atoms with E-state index < -0.39 is 0 Å². The SMILES string of the molecule is C=Cc1cc2cccc(C(=O)Nc3ccc(S)cc3)c2cc1C=C. The molecule has 0 heterocycles. The van der Waals surface area contributed by atoms with Crippen LogP contribution >= 0.6 is 12.6 Å². The van der Waals surface area contributed by atoms with Crippen LogP contribution in [-0.2, 0) is 0 Å². The maximum atomic E-state index is 12.7. The topological polar surface area (TPSA) is 29.1 Å². The molecule has 2 nitrogen and oxygen atoms in total. The van der Waals surface area contributed by atoms with E-state index in [1.807, 2.05) is 54.6 Å². The van der Waals surface area contributed by atoms with Gasteiger partial charge in [-0.05, 0) is 64.4 Å². The molecule has 0 unspecified atom stereocenters. The summed E-state index contributed by atoms with van der Waals surface area (Å²) in [5.41, 5.74) is 3.32. The van der Waals surface area contributed by atoms with E-state index in [2.05, 4.69) is 31.1 Å². The number of carbonyl (C=O) groups is 1. The van der Waals surface area contributed by atoms with Gasteiger partial charge in [0.1, 0.15) is 0 Å². The van der Waals surface area contributed by atoms with Crippen LogP contribution < -0.4 is 5.32 Å². The number of hydrogen-bond acceptors (Lipinski definition) is 2. The van der Waals surface area contributed by atoms with Crippen molar-refractivity contribution >= 4 is 47.1 Å². The predicted octanol–water partition coefficient (Wildman–Crippen LogP) is 5.67. The van der Waals surface area contributed by atoms with Gasteiger partial charge in [-0.25, -0.2) is 0 Å². The summed E-state index contributed by atoms with van der Waals surface area (Å²) in [6.07, 6.45) is 3.57. The molecule has 0 aliphatic heterocycles. The molecule has 0 saturated heterocycles. The second kappa shape index (κ2) is 6.77. The van der Waals surface area contributed by atoms with Crippen LogP contribution in [0.2, 0.25) is 0 Å². The van der Waals surface area contributed by atoms with E-state index in [1.165, 1.54) is 0 Å². The Morgan fingerprint density at radius 2 is 1.62 bits per heavy atom. The first-order valence-electron chi connectivity index (χ1n) is 7.54. The third-order valence-corrected chi connectivity index (χ3v) is 4.19. The molecule has 0 bridgehead atoms. The lowest BCUT2D eigenvalue weighted by Gasteiger charge is -2.11. The average molecular weight is 331 g/mol. The molecular formula is C21H17NOS. The Morgan fingerprint density at radius 1 is 0.958 bits per heavy atom. The zero-order chi connectivity index (χ0) is 17.1. The fraction of sp³-hybridized carbons (Fsp3) is 0. The van der Waals surface area contributed by atoms with Gasteiger partial charge in [0.05, 0.1) is 0 Å². The minimum atomic E-state index is -0.145. The van der Waals surface area contributed by atoms with Gasteiger partial charge in [0.2, 0.25) is 0 Å². The Morgan fingerprint density at radius 3 is 2.29 bits per heavy atom. The molecule has 0 aliphatic carbocycles. The van der Waals surface area contributed by atoms with Crippen molar-refractivity contribution in [1.29, 1.82) is 0 Å². The molecule has 0 fully saturated rings. The second-order valence-corrected chi connectivity index (χ2v) is 5.93. The number of nitrogens with one attached hydrogen (secondary N) is 1. The number of rotatable bonds is 4. The number of hydrogen-bond donors (Lipinski definition) is 2. The maximum Gasteiger partial charge on any atom is 0.256 e. The fourth-order valence-electron chi connectivity index (χ4n) is 2.65. The summed E-state index contributed by atoms with van der Waals surface area (Å²) in [5, 5.41) is 4.81. The largest absolute Gasteiger partial charge is 0.322 e. The fourth-order valence-corrected chi connectivity index (χ4v) is 2.80. The van der Waals surface area contributed by atoms with Gasteiger partial charge in [-0.1, -0.05) is 37.4 Å². The smallest absolute Gasteiger partial charge is 0.256 e. The van der Waals surface area contributed by atoms with Crippen molar-refractivity contribution in [3.63, 3.8) is 0 Å². The molecular weight excluding hydrogens is 314 g/mol. The summed E-state index contributed by atoms with van der Waals surface area (Å²) in [5.74, 6) is -0.145. The minimum Gasteiger partial charge on any atom is -0.322 e. The third-order valence-electron chi connectivity index (χ3n) is 3.89. The summed E-state index contributed by atoms with van der Waals surface area (Å²) < 4.78 is 0. The van der Waals surface area contributed by atoms with Crippen LogP contribution in [0.5, 0.6) is 0 Å². The zero-order valence-corrected chi connectivity index (χ0v) is 14.0. The minimum absolute atomic E-state index is 0.145. The highest BCUT2D eigenvalue weighted by molar-refractivity contribution is 7.80. The van der Waals surface area contributed by atoms with Crippen molar-refractivity contribution in [2.24, 2.45) is 0 Å². The third kappa shape index (κ3) is 3.12. The quantitative estimate of drug-likeness (QED) is 0.593. The molecule has 1 amide bonds. The number of benzene rings is 3. The molecule has 0 aliphatic rings. The average Bonchev–Trinajstić information content (AvgIpc) is 2.61. The van der Waals surface area contributed by atoms with E-state index in [0.717, 1.165) is 32.5 Å². The van der Waals surface area contributed by atoms with Crippen LogP contribution in [0.1, 0.15) is 21.5 Å². The first-order chi connectivity index (χ1) is 11.6. The molecule has 118 valence electrons. The number of thiol groups is 1. The lowest BCUT2D eigenvalue weighted by atomic mass is 9.97. The second-order valence-electron chi connectivity index (χ2n) is 5.42. The lowest BCUT2D eigenvalue weighted by molar-refractivity contribution is 0.102. The van der Waals surface area contributed by atoms with Crippen LogP contribution in [0.4, 0.5) is 5.69 Å². The number of amides is 1.